The Kier molecular flexibility index (Phi) is 7.41. The number of nitrogens with one attached hydrogen (secondary N) is 1. The second-order valence-electron chi connectivity index (χ2n) is 6.53. The number of benzene rings is 2. The first kappa shape index (κ1) is 20.5. The lowest BCUT2D eigenvalue weighted by atomic mass is 10.1. The van der Waals surface area contributed by atoms with Crippen LogP contribution in [-0.2, 0) is 16.1 Å². The van der Waals surface area contributed by atoms with Crippen molar-refractivity contribution in [3.63, 3.8) is 0 Å². The summed E-state index contributed by atoms with van der Waals surface area (Å²) in [5, 5.41) is 2.65. The molecule has 2 aromatic rings. The zero-order valence-electron chi connectivity index (χ0n) is 16.5. The van der Waals surface area contributed by atoms with Gasteiger partial charge in [-0.15, -0.1) is 0 Å². The molecule has 5 nitrogen and oxygen atoms in total. The molecule has 0 radical (unpaired) electrons. The molecule has 144 valence electrons. The second kappa shape index (κ2) is 9.76. The van der Waals surface area contributed by atoms with E-state index < -0.39 is 6.04 Å². The molecule has 1 atom stereocenters. The lowest BCUT2D eigenvalue weighted by Gasteiger charge is -2.30. The van der Waals surface area contributed by atoms with Gasteiger partial charge >= 0.3 is 0 Å². The smallest absolute Gasteiger partial charge is 0.261 e. The highest BCUT2D eigenvalue weighted by Gasteiger charge is 2.28. The zero-order chi connectivity index (χ0) is 19.8. The number of carbonyl (C=O) groups excluding carboxylic acids is 2. The Balaban J connectivity index is 2.19. The largest absolute Gasteiger partial charge is 0.483 e. The quantitative estimate of drug-likeness (QED) is 0.778. The van der Waals surface area contributed by atoms with E-state index in [2.05, 4.69) is 5.32 Å². The minimum atomic E-state index is -0.537. The molecule has 27 heavy (non-hydrogen) atoms. The summed E-state index contributed by atoms with van der Waals surface area (Å²) in [6.45, 7) is 6.13. The van der Waals surface area contributed by atoms with Gasteiger partial charge in [-0.3, -0.25) is 9.59 Å². The fourth-order valence-corrected chi connectivity index (χ4v) is 2.97. The van der Waals surface area contributed by atoms with Crippen LogP contribution in [0, 0.1) is 13.8 Å². The standard InChI is InChI=1S/C22H28N2O3/c1-5-19(22(26)23-4)24(14-18-11-7-6-8-12-18)21(25)15-27-20-13-9-10-16(2)17(20)3/h6-13,19H,5,14-15H2,1-4H3,(H,23,26)/t19-/m0/s1. The number of rotatable bonds is 8. The third-order valence-corrected chi connectivity index (χ3v) is 4.73. The Morgan fingerprint density at radius 2 is 1.78 bits per heavy atom. The number of hydrogen-bond donors (Lipinski definition) is 1. The Bertz CT molecular complexity index is 774. The Hall–Kier alpha value is -2.82. The molecule has 0 saturated heterocycles. The molecule has 0 fully saturated rings. The average Bonchev–Trinajstić information content (AvgIpc) is 2.69. The van der Waals surface area contributed by atoms with Crippen molar-refractivity contribution in [3.05, 3.63) is 65.2 Å². The molecule has 2 aromatic carbocycles. The maximum Gasteiger partial charge on any atom is 0.261 e. The van der Waals surface area contributed by atoms with Crippen LogP contribution in [0.4, 0.5) is 0 Å². The number of nitrogens with zero attached hydrogens (tertiary/aromatic N) is 1. The predicted octanol–water partition coefficient (Wildman–Crippen LogP) is 3.24. The first-order chi connectivity index (χ1) is 13.0. The van der Waals surface area contributed by atoms with Gasteiger partial charge in [0.15, 0.2) is 6.61 Å². The van der Waals surface area contributed by atoms with Crippen LogP contribution in [0.15, 0.2) is 48.5 Å². The van der Waals surface area contributed by atoms with E-state index in [4.69, 9.17) is 4.74 Å². The number of likely N-dealkylation sites (N-methyl/N-ethyl adjacent to an activating group) is 1. The van der Waals surface area contributed by atoms with Crippen molar-refractivity contribution in [1.29, 1.82) is 0 Å². The molecular formula is C22H28N2O3. The summed E-state index contributed by atoms with van der Waals surface area (Å²) in [5.41, 5.74) is 3.09. The Morgan fingerprint density at radius 1 is 1.07 bits per heavy atom. The molecule has 0 heterocycles. The number of hydrogen-bond acceptors (Lipinski definition) is 3. The van der Waals surface area contributed by atoms with Crippen molar-refractivity contribution in [2.75, 3.05) is 13.7 Å². The summed E-state index contributed by atoms with van der Waals surface area (Å²) < 4.78 is 5.78. The van der Waals surface area contributed by atoms with Crippen molar-refractivity contribution < 1.29 is 14.3 Å². The highest BCUT2D eigenvalue weighted by Crippen LogP contribution is 2.21. The molecular weight excluding hydrogens is 340 g/mol. The van der Waals surface area contributed by atoms with E-state index in [9.17, 15) is 9.59 Å². The molecule has 2 rings (SSSR count). The Labute approximate surface area is 161 Å². The topological polar surface area (TPSA) is 58.6 Å². The van der Waals surface area contributed by atoms with E-state index in [1.165, 1.54) is 0 Å². The van der Waals surface area contributed by atoms with Gasteiger partial charge in [-0.2, -0.15) is 0 Å². The van der Waals surface area contributed by atoms with Crippen molar-refractivity contribution in [2.45, 2.75) is 39.8 Å². The molecule has 0 saturated carbocycles. The number of amides is 2. The molecule has 0 aliphatic carbocycles. The van der Waals surface area contributed by atoms with Crippen LogP contribution in [0.2, 0.25) is 0 Å². The number of aryl methyl sites for hydroxylation is 1. The molecule has 1 N–H and O–H groups in total. The van der Waals surface area contributed by atoms with E-state index in [0.717, 1.165) is 16.7 Å². The van der Waals surface area contributed by atoms with Gasteiger partial charge in [-0.1, -0.05) is 49.4 Å². The highest BCUT2D eigenvalue weighted by molar-refractivity contribution is 5.88. The van der Waals surface area contributed by atoms with Gasteiger partial charge in [0.05, 0.1) is 0 Å². The van der Waals surface area contributed by atoms with Gasteiger partial charge in [-0.25, -0.2) is 0 Å². The van der Waals surface area contributed by atoms with Crippen LogP contribution < -0.4 is 10.1 Å². The van der Waals surface area contributed by atoms with Crippen LogP contribution in [0.3, 0.4) is 0 Å². The van der Waals surface area contributed by atoms with Gasteiger partial charge in [-0.05, 0) is 43.0 Å². The highest BCUT2D eigenvalue weighted by atomic mass is 16.5. The van der Waals surface area contributed by atoms with Crippen molar-refractivity contribution in [3.8, 4) is 5.75 Å². The second-order valence-corrected chi connectivity index (χ2v) is 6.53. The normalized spacial score (nSPS) is 11.6. The van der Waals surface area contributed by atoms with E-state index in [0.29, 0.717) is 18.7 Å². The first-order valence-electron chi connectivity index (χ1n) is 9.21. The molecule has 0 aromatic heterocycles. The van der Waals surface area contributed by atoms with Crippen LogP contribution in [-0.4, -0.2) is 36.4 Å². The minimum Gasteiger partial charge on any atom is -0.483 e. The number of ether oxygens (including phenoxy) is 1. The summed E-state index contributed by atoms with van der Waals surface area (Å²) in [6, 6.07) is 14.9. The van der Waals surface area contributed by atoms with Crippen LogP contribution in [0.1, 0.15) is 30.0 Å². The summed E-state index contributed by atoms with van der Waals surface area (Å²) in [5.74, 6) is 0.305. The summed E-state index contributed by atoms with van der Waals surface area (Å²) >= 11 is 0. The molecule has 2 amide bonds. The van der Waals surface area contributed by atoms with Gasteiger partial charge < -0.3 is 15.0 Å². The van der Waals surface area contributed by atoms with Crippen molar-refractivity contribution in [1.82, 2.24) is 10.2 Å². The van der Waals surface area contributed by atoms with E-state index in [1.54, 1.807) is 11.9 Å². The molecule has 0 spiro atoms. The molecule has 0 unspecified atom stereocenters. The van der Waals surface area contributed by atoms with Crippen LogP contribution in [0.5, 0.6) is 5.75 Å². The van der Waals surface area contributed by atoms with Gasteiger partial charge in [0.1, 0.15) is 11.8 Å². The fourth-order valence-electron chi connectivity index (χ4n) is 2.97. The van der Waals surface area contributed by atoms with E-state index in [1.807, 2.05) is 69.3 Å². The Morgan fingerprint density at radius 3 is 2.41 bits per heavy atom. The summed E-state index contributed by atoms with van der Waals surface area (Å²) in [6.07, 6.45) is 0.529. The minimum absolute atomic E-state index is 0.107. The summed E-state index contributed by atoms with van der Waals surface area (Å²) in [4.78, 5) is 26.9. The van der Waals surface area contributed by atoms with Gasteiger partial charge in [0, 0.05) is 13.6 Å². The van der Waals surface area contributed by atoms with Crippen LogP contribution >= 0.6 is 0 Å². The van der Waals surface area contributed by atoms with E-state index in [-0.39, 0.29) is 18.4 Å². The van der Waals surface area contributed by atoms with Crippen molar-refractivity contribution >= 4 is 11.8 Å². The molecule has 5 heteroatoms. The van der Waals surface area contributed by atoms with Gasteiger partial charge in [0.25, 0.3) is 5.91 Å². The lowest BCUT2D eigenvalue weighted by Crippen LogP contribution is -2.49. The molecule has 0 aliphatic rings. The maximum atomic E-state index is 13.0. The predicted molar refractivity (Wildman–Crippen MR) is 107 cm³/mol. The van der Waals surface area contributed by atoms with Crippen molar-refractivity contribution in [2.24, 2.45) is 0 Å². The third-order valence-electron chi connectivity index (χ3n) is 4.73. The SMILES string of the molecule is CC[C@@H](C(=O)NC)N(Cc1ccccc1)C(=O)COc1cccc(C)c1C. The third kappa shape index (κ3) is 5.33. The fraction of sp³-hybridized carbons (Fsp3) is 0.364. The lowest BCUT2D eigenvalue weighted by molar-refractivity contribution is -0.142. The molecule has 0 aliphatic heterocycles. The van der Waals surface area contributed by atoms with Gasteiger partial charge in [0.2, 0.25) is 5.91 Å². The van der Waals surface area contributed by atoms with E-state index >= 15 is 0 Å². The average molecular weight is 368 g/mol. The first-order valence-corrected chi connectivity index (χ1v) is 9.21. The monoisotopic (exact) mass is 368 g/mol. The molecule has 0 bridgehead atoms. The summed E-state index contributed by atoms with van der Waals surface area (Å²) in [7, 11) is 1.59. The maximum absolute atomic E-state index is 13.0. The zero-order valence-corrected chi connectivity index (χ0v) is 16.5. The van der Waals surface area contributed by atoms with Crippen LogP contribution in [0.25, 0.3) is 0 Å². The number of carbonyl (C=O) groups is 2.